The van der Waals surface area contributed by atoms with E-state index in [0.717, 1.165) is 28.3 Å². The van der Waals surface area contributed by atoms with Crippen molar-refractivity contribution in [3.63, 3.8) is 0 Å². The lowest BCUT2D eigenvalue weighted by Crippen LogP contribution is -2.42. The molecule has 28 heavy (non-hydrogen) atoms. The van der Waals surface area contributed by atoms with Crippen LogP contribution in [0.25, 0.3) is 0 Å². The van der Waals surface area contributed by atoms with E-state index in [9.17, 15) is 14.7 Å². The van der Waals surface area contributed by atoms with Gasteiger partial charge >= 0.3 is 5.97 Å². The number of nitrogens with one attached hydrogen (secondary N) is 1. The van der Waals surface area contributed by atoms with Gasteiger partial charge in [-0.3, -0.25) is 14.7 Å². The molecule has 1 fully saturated rings. The number of carbonyl (C=O) groups is 2. The van der Waals surface area contributed by atoms with Gasteiger partial charge in [0.2, 0.25) is 5.91 Å². The zero-order valence-electron chi connectivity index (χ0n) is 16.2. The number of aliphatic carboxylic acids is 1. The fraction of sp³-hybridized carbons (Fsp3) is 0.476. The Balaban J connectivity index is 1.52. The third-order valence-corrected chi connectivity index (χ3v) is 6.26. The Labute approximate surface area is 163 Å². The molecule has 1 amide bonds. The van der Waals surface area contributed by atoms with Crippen molar-refractivity contribution in [3.05, 3.63) is 46.8 Å². The normalized spacial score (nSPS) is 23.5. The van der Waals surface area contributed by atoms with Gasteiger partial charge in [0.15, 0.2) is 0 Å². The lowest BCUT2D eigenvalue weighted by atomic mass is 9.74. The number of aryl methyl sites for hydroxylation is 2. The molecule has 4 rings (SSSR count). The number of benzene rings is 1. The van der Waals surface area contributed by atoms with Gasteiger partial charge in [0.25, 0.3) is 0 Å². The molecule has 1 saturated heterocycles. The second-order valence-electron chi connectivity index (χ2n) is 7.94. The molecule has 0 radical (unpaired) electrons. The maximum absolute atomic E-state index is 12.9. The van der Waals surface area contributed by atoms with Crippen LogP contribution in [0.2, 0.25) is 0 Å². The zero-order chi connectivity index (χ0) is 19.9. The largest absolute Gasteiger partial charge is 0.493 e. The van der Waals surface area contributed by atoms with Crippen LogP contribution in [-0.2, 0) is 22.4 Å². The molecule has 2 aromatic rings. The highest BCUT2D eigenvalue weighted by atomic mass is 16.5. The molecule has 3 heterocycles. The van der Waals surface area contributed by atoms with Gasteiger partial charge < -0.3 is 14.7 Å². The summed E-state index contributed by atoms with van der Waals surface area (Å²) in [5.74, 6) is -0.336. The second kappa shape index (κ2) is 6.96. The monoisotopic (exact) mass is 383 g/mol. The second-order valence-corrected chi connectivity index (χ2v) is 7.94. The predicted molar refractivity (Wildman–Crippen MR) is 102 cm³/mol. The molecule has 0 aliphatic carbocycles. The van der Waals surface area contributed by atoms with Crippen molar-refractivity contribution in [1.29, 1.82) is 0 Å². The average Bonchev–Trinajstić information content (AvgIpc) is 3.15. The number of aromatic amines is 1. The van der Waals surface area contributed by atoms with E-state index in [0.29, 0.717) is 32.4 Å². The molecule has 0 bridgehead atoms. The number of aromatic nitrogens is 2. The molecular formula is C21H25N3O4. The third-order valence-electron chi connectivity index (χ3n) is 6.26. The molecule has 2 aliphatic rings. The minimum Gasteiger partial charge on any atom is -0.493 e. The molecule has 0 spiro atoms. The topological polar surface area (TPSA) is 95.5 Å². The highest BCUT2D eigenvalue weighted by molar-refractivity contribution is 5.82. The molecule has 1 aromatic heterocycles. The van der Waals surface area contributed by atoms with Gasteiger partial charge in [-0.15, -0.1) is 0 Å². The summed E-state index contributed by atoms with van der Waals surface area (Å²) in [5, 5.41) is 17.2. The lowest BCUT2D eigenvalue weighted by molar-refractivity contribution is -0.151. The number of likely N-dealkylation sites (tertiary alicyclic amines) is 1. The van der Waals surface area contributed by atoms with Crippen molar-refractivity contribution in [1.82, 2.24) is 15.1 Å². The first-order chi connectivity index (χ1) is 13.4. The van der Waals surface area contributed by atoms with E-state index in [-0.39, 0.29) is 18.4 Å². The van der Waals surface area contributed by atoms with Gasteiger partial charge in [0, 0.05) is 31.1 Å². The summed E-state index contributed by atoms with van der Waals surface area (Å²) in [6.45, 7) is 4.83. The first-order valence-corrected chi connectivity index (χ1v) is 9.63. The maximum atomic E-state index is 12.9. The molecule has 7 heteroatoms. The Hall–Kier alpha value is -2.83. The molecule has 7 nitrogen and oxygen atoms in total. The molecule has 2 N–H and O–H groups in total. The Bertz CT molecular complexity index is 903. The first kappa shape index (κ1) is 18.5. The van der Waals surface area contributed by atoms with E-state index in [2.05, 4.69) is 10.2 Å². The van der Waals surface area contributed by atoms with Gasteiger partial charge in [-0.05, 0) is 43.9 Å². The van der Waals surface area contributed by atoms with E-state index in [1.54, 1.807) is 4.90 Å². The SMILES string of the molecule is Cc1n[nH]c(C)c1CCC(=O)N1C[C@H]2COc3ccccc3C[C@@]2(C(=O)O)C1. The van der Waals surface area contributed by atoms with Crippen molar-refractivity contribution in [2.75, 3.05) is 19.7 Å². The van der Waals surface area contributed by atoms with Crippen molar-refractivity contribution in [2.24, 2.45) is 11.3 Å². The molecule has 2 atom stereocenters. The Morgan fingerprint density at radius 2 is 2.14 bits per heavy atom. The van der Waals surface area contributed by atoms with Crippen molar-refractivity contribution in [2.45, 2.75) is 33.1 Å². The summed E-state index contributed by atoms with van der Waals surface area (Å²) < 4.78 is 5.90. The highest BCUT2D eigenvalue weighted by Crippen LogP contribution is 2.44. The number of fused-ring (bicyclic) bond motifs is 2. The van der Waals surface area contributed by atoms with E-state index in [1.165, 1.54) is 0 Å². The van der Waals surface area contributed by atoms with Gasteiger partial charge in [0.1, 0.15) is 5.75 Å². The van der Waals surface area contributed by atoms with E-state index >= 15 is 0 Å². The number of rotatable bonds is 4. The minimum atomic E-state index is -0.996. The quantitative estimate of drug-likeness (QED) is 0.843. The van der Waals surface area contributed by atoms with Crippen LogP contribution in [0.1, 0.15) is 28.9 Å². The summed E-state index contributed by atoms with van der Waals surface area (Å²) >= 11 is 0. The standard InChI is InChI=1S/C21H25N3O4/c1-13-17(14(2)23-22-13)7-8-19(25)24-10-16-11-28-18-6-4-3-5-15(18)9-21(16,12-24)20(26)27/h3-6,16H,7-12H2,1-2H3,(H,22,23)(H,26,27)/t16-,21+/m0/s1. The molecule has 0 saturated carbocycles. The average molecular weight is 383 g/mol. The molecule has 1 aromatic carbocycles. The molecule has 0 unspecified atom stereocenters. The van der Waals surface area contributed by atoms with E-state index in [4.69, 9.17) is 4.74 Å². The van der Waals surface area contributed by atoms with E-state index < -0.39 is 11.4 Å². The number of carbonyl (C=O) groups excluding carboxylic acids is 1. The minimum absolute atomic E-state index is 0.0121. The lowest BCUT2D eigenvalue weighted by Gasteiger charge is -2.27. The van der Waals surface area contributed by atoms with Gasteiger partial charge in [-0.2, -0.15) is 5.10 Å². The zero-order valence-corrected chi connectivity index (χ0v) is 16.2. The molecular weight excluding hydrogens is 358 g/mol. The predicted octanol–water partition coefficient (Wildman–Crippen LogP) is 2.12. The number of H-pyrrole nitrogens is 1. The summed E-state index contributed by atoms with van der Waals surface area (Å²) in [5.41, 5.74) is 2.84. The fourth-order valence-corrected chi connectivity index (χ4v) is 4.55. The first-order valence-electron chi connectivity index (χ1n) is 9.63. The Morgan fingerprint density at radius 3 is 2.86 bits per heavy atom. The van der Waals surface area contributed by atoms with Crippen LogP contribution < -0.4 is 4.74 Å². The van der Waals surface area contributed by atoms with Crippen LogP contribution in [0.4, 0.5) is 0 Å². The van der Waals surface area contributed by atoms with E-state index in [1.807, 2.05) is 38.1 Å². The van der Waals surface area contributed by atoms with Crippen LogP contribution in [0.3, 0.4) is 0 Å². The van der Waals surface area contributed by atoms with Gasteiger partial charge in [0.05, 0.1) is 17.7 Å². The third kappa shape index (κ3) is 3.04. The van der Waals surface area contributed by atoms with Crippen LogP contribution in [0.5, 0.6) is 5.75 Å². The van der Waals surface area contributed by atoms with Crippen LogP contribution in [-0.4, -0.2) is 51.8 Å². The summed E-state index contributed by atoms with van der Waals surface area (Å²) in [4.78, 5) is 26.9. The fourth-order valence-electron chi connectivity index (χ4n) is 4.55. The molecule has 2 aliphatic heterocycles. The number of amides is 1. The maximum Gasteiger partial charge on any atom is 0.312 e. The Morgan fingerprint density at radius 1 is 1.36 bits per heavy atom. The van der Waals surface area contributed by atoms with Crippen molar-refractivity contribution in [3.8, 4) is 5.75 Å². The summed E-state index contributed by atoms with van der Waals surface area (Å²) in [6, 6.07) is 7.58. The number of ether oxygens (including phenoxy) is 1. The van der Waals surface area contributed by atoms with Gasteiger partial charge in [-0.1, -0.05) is 18.2 Å². The number of hydrogen-bond donors (Lipinski definition) is 2. The van der Waals surface area contributed by atoms with Crippen LogP contribution in [0, 0.1) is 25.2 Å². The number of carboxylic acid groups (broad SMARTS) is 1. The highest BCUT2D eigenvalue weighted by Gasteiger charge is 2.55. The summed E-state index contributed by atoms with van der Waals surface area (Å²) in [7, 11) is 0. The molecule has 148 valence electrons. The van der Waals surface area contributed by atoms with Crippen molar-refractivity contribution >= 4 is 11.9 Å². The number of para-hydroxylation sites is 1. The number of nitrogens with zero attached hydrogens (tertiary/aromatic N) is 2. The van der Waals surface area contributed by atoms with Crippen LogP contribution >= 0.6 is 0 Å². The van der Waals surface area contributed by atoms with Gasteiger partial charge in [-0.25, -0.2) is 0 Å². The smallest absolute Gasteiger partial charge is 0.312 e. The van der Waals surface area contributed by atoms with Crippen molar-refractivity contribution < 1.29 is 19.4 Å². The number of hydrogen-bond acceptors (Lipinski definition) is 4. The Kier molecular flexibility index (Phi) is 4.61. The number of carboxylic acids is 1. The van der Waals surface area contributed by atoms with Crippen LogP contribution in [0.15, 0.2) is 24.3 Å². The summed E-state index contributed by atoms with van der Waals surface area (Å²) in [6.07, 6.45) is 1.33.